The van der Waals surface area contributed by atoms with E-state index in [0.29, 0.717) is 5.41 Å². The molecule has 2 rings (SSSR count). The molecular weight excluding hydrogens is 146 g/mol. The molecule has 1 fully saturated rings. The van der Waals surface area contributed by atoms with Gasteiger partial charge >= 0.3 is 0 Å². The van der Waals surface area contributed by atoms with Gasteiger partial charge in [-0.1, -0.05) is 11.6 Å². The molecule has 12 heavy (non-hydrogen) atoms. The average molecular weight is 165 g/mol. The summed E-state index contributed by atoms with van der Waals surface area (Å²) in [6, 6.07) is 0. The van der Waals surface area contributed by atoms with Gasteiger partial charge in [0.25, 0.3) is 0 Å². The van der Waals surface area contributed by atoms with Crippen LogP contribution < -0.4 is 5.32 Å². The van der Waals surface area contributed by atoms with E-state index in [0.717, 1.165) is 0 Å². The predicted octanol–water partition coefficient (Wildman–Crippen LogP) is 2.49. The molecule has 1 N–H and O–H groups in total. The minimum Gasteiger partial charge on any atom is -0.319 e. The number of allylic oxidation sites excluding steroid dienone is 1. The van der Waals surface area contributed by atoms with E-state index in [4.69, 9.17) is 0 Å². The molecule has 0 amide bonds. The molecular formula is C11H19N. The van der Waals surface area contributed by atoms with Crippen LogP contribution >= 0.6 is 0 Å². The molecule has 0 aromatic rings. The molecule has 1 heteroatoms. The topological polar surface area (TPSA) is 12.0 Å². The third-order valence-electron chi connectivity index (χ3n) is 3.34. The van der Waals surface area contributed by atoms with E-state index in [-0.39, 0.29) is 0 Å². The normalized spacial score (nSPS) is 26.6. The molecule has 1 nitrogen and oxygen atoms in total. The Morgan fingerprint density at radius 2 is 2.25 bits per heavy atom. The van der Waals surface area contributed by atoms with E-state index in [1.807, 2.05) is 0 Å². The highest BCUT2D eigenvalue weighted by molar-refractivity contribution is 5.24. The van der Waals surface area contributed by atoms with Crippen molar-refractivity contribution in [3.63, 3.8) is 0 Å². The fourth-order valence-corrected chi connectivity index (χ4v) is 2.42. The van der Waals surface area contributed by atoms with Gasteiger partial charge in [0.2, 0.25) is 0 Å². The largest absolute Gasteiger partial charge is 0.319 e. The molecule has 2 aliphatic carbocycles. The van der Waals surface area contributed by atoms with Crippen LogP contribution in [0.2, 0.25) is 0 Å². The second-order valence-electron chi connectivity index (χ2n) is 4.29. The monoisotopic (exact) mass is 165 g/mol. The standard InChI is InChI=1S/C11H19N/c1-12-9-11(7-8-11)10-5-3-2-4-6-10/h5,12H,2-4,6-9H2,1H3. The maximum atomic E-state index is 3.33. The SMILES string of the molecule is CNCC1(C2=CCCCC2)CC1. The molecule has 0 unspecified atom stereocenters. The Kier molecular flexibility index (Phi) is 2.22. The van der Waals surface area contributed by atoms with Crippen LogP contribution in [-0.2, 0) is 0 Å². The van der Waals surface area contributed by atoms with Crippen LogP contribution in [0.15, 0.2) is 11.6 Å². The second kappa shape index (κ2) is 3.21. The van der Waals surface area contributed by atoms with E-state index in [1.54, 1.807) is 5.57 Å². The Hall–Kier alpha value is -0.300. The fourth-order valence-electron chi connectivity index (χ4n) is 2.42. The average Bonchev–Trinajstić information content (AvgIpc) is 2.88. The van der Waals surface area contributed by atoms with E-state index in [1.165, 1.54) is 45.1 Å². The molecule has 0 heterocycles. The summed E-state index contributed by atoms with van der Waals surface area (Å²) in [6.45, 7) is 1.21. The van der Waals surface area contributed by atoms with Crippen LogP contribution in [0.3, 0.4) is 0 Å². The van der Waals surface area contributed by atoms with Gasteiger partial charge in [0.15, 0.2) is 0 Å². The number of nitrogens with one attached hydrogen (secondary N) is 1. The summed E-state index contributed by atoms with van der Waals surface area (Å²) in [7, 11) is 2.07. The Bertz CT molecular complexity index is 189. The van der Waals surface area contributed by atoms with Crippen LogP contribution in [0.4, 0.5) is 0 Å². The fraction of sp³-hybridized carbons (Fsp3) is 0.818. The van der Waals surface area contributed by atoms with Crippen LogP contribution in [-0.4, -0.2) is 13.6 Å². The van der Waals surface area contributed by atoms with Crippen LogP contribution in [0.1, 0.15) is 38.5 Å². The van der Waals surface area contributed by atoms with E-state index in [9.17, 15) is 0 Å². The molecule has 0 bridgehead atoms. The second-order valence-corrected chi connectivity index (χ2v) is 4.29. The summed E-state index contributed by atoms with van der Waals surface area (Å²) in [4.78, 5) is 0. The first kappa shape index (κ1) is 8.31. The first-order chi connectivity index (χ1) is 5.87. The Morgan fingerprint density at radius 3 is 2.75 bits per heavy atom. The zero-order valence-corrected chi connectivity index (χ0v) is 8.03. The first-order valence-electron chi connectivity index (χ1n) is 5.21. The van der Waals surface area contributed by atoms with Crippen molar-refractivity contribution in [3.05, 3.63) is 11.6 Å². The highest BCUT2D eigenvalue weighted by Crippen LogP contribution is 2.53. The maximum absolute atomic E-state index is 3.33. The van der Waals surface area contributed by atoms with Crippen molar-refractivity contribution in [2.45, 2.75) is 38.5 Å². The zero-order valence-electron chi connectivity index (χ0n) is 8.03. The lowest BCUT2D eigenvalue weighted by Gasteiger charge is -2.22. The van der Waals surface area contributed by atoms with Gasteiger partial charge in [-0.25, -0.2) is 0 Å². The summed E-state index contributed by atoms with van der Waals surface area (Å²) in [5, 5.41) is 3.33. The van der Waals surface area contributed by atoms with Gasteiger partial charge < -0.3 is 5.32 Å². The van der Waals surface area contributed by atoms with Gasteiger partial charge in [-0.15, -0.1) is 0 Å². The van der Waals surface area contributed by atoms with Gasteiger partial charge in [-0.2, -0.15) is 0 Å². The van der Waals surface area contributed by atoms with E-state index < -0.39 is 0 Å². The molecule has 1 saturated carbocycles. The third kappa shape index (κ3) is 1.42. The summed E-state index contributed by atoms with van der Waals surface area (Å²) < 4.78 is 0. The molecule has 0 spiro atoms. The number of hydrogen-bond donors (Lipinski definition) is 1. The molecule has 0 saturated heterocycles. The highest BCUT2D eigenvalue weighted by atomic mass is 14.8. The van der Waals surface area contributed by atoms with Crippen LogP contribution in [0, 0.1) is 5.41 Å². The molecule has 0 atom stereocenters. The van der Waals surface area contributed by atoms with Crippen LogP contribution in [0.25, 0.3) is 0 Å². The van der Waals surface area contributed by atoms with Gasteiger partial charge in [0, 0.05) is 12.0 Å². The first-order valence-corrected chi connectivity index (χ1v) is 5.21. The Balaban J connectivity index is 2.02. The van der Waals surface area contributed by atoms with E-state index in [2.05, 4.69) is 18.4 Å². The molecule has 68 valence electrons. The van der Waals surface area contributed by atoms with Crippen LogP contribution in [0.5, 0.6) is 0 Å². The Morgan fingerprint density at radius 1 is 1.42 bits per heavy atom. The number of rotatable bonds is 3. The van der Waals surface area contributed by atoms with Gasteiger partial charge in [0.1, 0.15) is 0 Å². The highest BCUT2D eigenvalue weighted by Gasteiger charge is 2.44. The van der Waals surface area contributed by atoms with Crippen molar-refractivity contribution in [3.8, 4) is 0 Å². The number of hydrogen-bond acceptors (Lipinski definition) is 1. The summed E-state index contributed by atoms with van der Waals surface area (Å²) in [5.41, 5.74) is 2.39. The molecule has 2 aliphatic rings. The molecule has 0 aliphatic heterocycles. The lowest BCUT2D eigenvalue weighted by atomic mass is 9.86. The van der Waals surface area contributed by atoms with Gasteiger partial charge in [-0.05, 0) is 45.6 Å². The zero-order chi connectivity index (χ0) is 8.44. The molecule has 0 aromatic carbocycles. The smallest absolute Gasteiger partial charge is 0.00422 e. The summed E-state index contributed by atoms with van der Waals surface area (Å²) in [6.07, 6.45) is 10.9. The lowest BCUT2D eigenvalue weighted by Crippen LogP contribution is -2.22. The minimum absolute atomic E-state index is 0.620. The summed E-state index contributed by atoms with van der Waals surface area (Å²) >= 11 is 0. The maximum Gasteiger partial charge on any atom is 0.00422 e. The van der Waals surface area contributed by atoms with Gasteiger partial charge in [-0.3, -0.25) is 0 Å². The van der Waals surface area contributed by atoms with Crippen molar-refractivity contribution < 1.29 is 0 Å². The van der Waals surface area contributed by atoms with Crippen molar-refractivity contribution >= 4 is 0 Å². The van der Waals surface area contributed by atoms with Crippen molar-refractivity contribution in [2.75, 3.05) is 13.6 Å². The predicted molar refractivity (Wildman–Crippen MR) is 52.1 cm³/mol. The Labute approximate surface area is 75.2 Å². The lowest BCUT2D eigenvalue weighted by molar-refractivity contribution is 0.511. The molecule has 0 radical (unpaired) electrons. The minimum atomic E-state index is 0.620. The third-order valence-corrected chi connectivity index (χ3v) is 3.34. The van der Waals surface area contributed by atoms with Crippen molar-refractivity contribution in [2.24, 2.45) is 5.41 Å². The van der Waals surface area contributed by atoms with Gasteiger partial charge in [0.05, 0.1) is 0 Å². The van der Waals surface area contributed by atoms with E-state index >= 15 is 0 Å². The quantitative estimate of drug-likeness (QED) is 0.633. The summed E-state index contributed by atoms with van der Waals surface area (Å²) in [5.74, 6) is 0. The van der Waals surface area contributed by atoms with Crippen molar-refractivity contribution in [1.82, 2.24) is 5.32 Å². The molecule has 0 aromatic heterocycles. The van der Waals surface area contributed by atoms with Crippen molar-refractivity contribution in [1.29, 1.82) is 0 Å².